The molecule has 0 atom stereocenters. The molecular weight excluding hydrogens is 393 g/mol. The van der Waals surface area contributed by atoms with Gasteiger partial charge in [-0.1, -0.05) is 11.8 Å². The zero-order valence-corrected chi connectivity index (χ0v) is 15.4. The van der Waals surface area contributed by atoms with Crippen LogP contribution in [0.5, 0.6) is 0 Å². The summed E-state index contributed by atoms with van der Waals surface area (Å²) in [6.07, 6.45) is -0.444. The smallest absolute Gasteiger partial charge is 0.329 e. The molecule has 0 saturated carbocycles. The quantitative estimate of drug-likeness (QED) is 0.703. The number of carbonyl (C=O) groups excluding carboxylic acids is 1. The molecule has 0 radical (unpaired) electrons. The monoisotopic (exact) mass is 408 g/mol. The van der Waals surface area contributed by atoms with Crippen molar-refractivity contribution in [3.63, 3.8) is 0 Å². The van der Waals surface area contributed by atoms with Crippen LogP contribution < -0.4 is 10.9 Å². The van der Waals surface area contributed by atoms with Crippen LogP contribution in [-0.4, -0.2) is 20.0 Å². The first-order valence-electron chi connectivity index (χ1n) is 8.05. The van der Waals surface area contributed by atoms with Crippen LogP contribution in [0.3, 0.4) is 0 Å². The second kappa shape index (κ2) is 7.93. The van der Waals surface area contributed by atoms with Crippen LogP contribution in [0.1, 0.15) is 5.56 Å². The van der Waals surface area contributed by atoms with Crippen molar-refractivity contribution in [2.45, 2.75) is 22.8 Å². The topological polar surface area (TPSA) is 68.9 Å². The van der Waals surface area contributed by atoms with Gasteiger partial charge >= 0.3 is 6.18 Å². The number of benzene rings is 1. The van der Waals surface area contributed by atoms with Crippen LogP contribution in [0.4, 0.5) is 18.9 Å². The summed E-state index contributed by atoms with van der Waals surface area (Å²) in [5.74, 6) is -0.606. The van der Waals surface area contributed by atoms with Gasteiger partial charge in [0.2, 0.25) is 5.91 Å². The number of anilines is 1. The number of alkyl halides is 3. The minimum atomic E-state index is -4.59. The molecular formula is C18H15F3N4O2S. The fourth-order valence-electron chi connectivity index (χ4n) is 2.34. The van der Waals surface area contributed by atoms with Crippen LogP contribution in [0.2, 0.25) is 0 Å². The Hall–Kier alpha value is -3.01. The summed E-state index contributed by atoms with van der Waals surface area (Å²) in [4.78, 5) is 28.9. The van der Waals surface area contributed by atoms with Gasteiger partial charge in [0.05, 0.1) is 5.56 Å². The molecule has 10 heteroatoms. The summed E-state index contributed by atoms with van der Waals surface area (Å²) in [5.41, 5.74) is -1.21. The molecule has 6 nitrogen and oxygen atoms in total. The molecule has 2 heterocycles. The number of imidazole rings is 1. The van der Waals surface area contributed by atoms with Gasteiger partial charge in [-0.3, -0.25) is 9.59 Å². The van der Waals surface area contributed by atoms with E-state index in [4.69, 9.17) is 0 Å². The maximum Gasteiger partial charge on any atom is 0.417 e. The Kier molecular flexibility index (Phi) is 5.59. The van der Waals surface area contributed by atoms with Gasteiger partial charge in [-0.05, 0) is 30.3 Å². The highest BCUT2D eigenvalue weighted by Gasteiger charge is 2.31. The molecule has 0 bridgehead atoms. The number of pyridine rings is 1. The highest BCUT2D eigenvalue weighted by molar-refractivity contribution is 7.99. The highest BCUT2D eigenvalue weighted by atomic mass is 32.2. The van der Waals surface area contributed by atoms with Crippen molar-refractivity contribution in [3.05, 3.63) is 70.9 Å². The number of amides is 1. The predicted molar refractivity (Wildman–Crippen MR) is 98.1 cm³/mol. The van der Waals surface area contributed by atoms with Crippen molar-refractivity contribution in [1.29, 1.82) is 0 Å². The number of aryl methyl sites for hydroxylation is 1. The van der Waals surface area contributed by atoms with Gasteiger partial charge in [-0.25, -0.2) is 4.98 Å². The Balaban J connectivity index is 1.65. The van der Waals surface area contributed by atoms with E-state index in [-0.39, 0.29) is 0 Å². The van der Waals surface area contributed by atoms with Crippen LogP contribution in [0, 0.1) is 0 Å². The summed E-state index contributed by atoms with van der Waals surface area (Å²) in [7, 11) is 1.87. The number of nitrogens with zero attached hydrogens (tertiary/aromatic N) is 3. The van der Waals surface area contributed by atoms with Crippen molar-refractivity contribution in [2.24, 2.45) is 7.05 Å². The zero-order valence-electron chi connectivity index (χ0n) is 14.6. The number of nitrogens with one attached hydrogen (secondary N) is 1. The van der Waals surface area contributed by atoms with Gasteiger partial charge in [0.25, 0.3) is 5.56 Å². The molecule has 0 aliphatic heterocycles. The summed E-state index contributed by atoms with van der Waals surface area (Å²) < 4.78 is 40.9. The van der Waals surface area contributed by atoms with Gasteiger partial charge in [0.1, 0.15) is 6.54 Å². The minimum Gasteiger partial charge on any atom is -0.329 e. The molecule has 3 rings (SSSR count). The second-order valence-corrected chi connectivity index (χ2v) is 6.92. The van der Waals surface area contributed by atoms with E-state index in [1.807, 2.05) is 17.8 Å². The summed E-state index contributed by atoms with van der Waals surface area (Å²) in [6.45, 7) is -0.521. The number of hydrogen-bond donors (Lipinski definition) is 1. The van der Waals surface area contributed by atoms with Gasteiger partial charge in [-0.2, -0.15) is 13.2 Å². The van der Waals surface area contributed by atoms with Crippen molar-refractivity contribution >= 4 is 23.4 Å². The predicted octanol–water partition coefficient (Wildman–Crippen LogP) is 3.39. The van der Waals surface area contributed by atoms with Gasteiger partial charge < -0.3 is 14.5 Å². The number of halogens is 3. The number of hydrogen-bond acceptors (Lipinski definition) is 4. The Labute approximate surface area is 162 Å². The van der Waals surface area contributed by atoms with Crippen LogP contribution in [0.15, 0.2) is 69.8 Å². The lowest BCUT2D eigenvalue weighted by molar-refractivity contribution is -0.138. The lowest BCUT2D eigenvalue weighted by Gasteiger charge is -2.11. The van der Waals surface area contributed by atoms with E-state index >= 15 is 0 Å². The number of carbonyl (C=O) groups is 1. The lowest BCUT2D eigenvalue weighted by atomic mass is 10.2. The van der Waals surface area contributed by atoms with Crippen molar-refractivity contribution in [2.75, 3.05) is 5.32 Å². The fraction of sp³-hybridized carbons (Fsp3) is 0.167. The van der Waals surface area contributed by atoms with Crippen molar-refractivity contribution in [1.82, 2.24) is 14.1 Å². The van der Waals surface area contributed by atoms with Gasteiger partial charge in [0, 0.05) is 42.3 Å². The zero-order chi connectivity index (χ0) is 20.3. The molecule has 0 aliphatic rings. The third-order valence-corrected chi connectivity index (χ3v) is 4.83. The van der Waals surface area contributed by atoms with E-state index in [0.717, 1.165) is 20.7 Å². The Morgan fingerprint density at radius 1 is 1.18 bits per heavy atom. The molecule has 0 spiro atoms. The average Bonchev–Trinajstić information content (AvgIpc) is 3.02. The third-order valence-electron chi connectivity index (χ3n) is 3.75. The van der Waals surface area contributed by atoms with E-state index in [0.29, 0.717) is 18.0 Å². The molecule has 0 fully saturated rings. The third kappa shape index (κ3) is 4.83. The summed E-state index contributed by atoms with van der Waals surface area (Å²) >= 11 is 1.44. The lowest BCUT2D eigenvalue weighted by Crippen LogP contribution is -2.28. The first kappa shape index (κ1) is 19.7. The van der Waals surface area contributed by atoms with Gasteiger partial charge in [-0.15, -0.1) is 0 Å². The largest absolute Gasteiger partial charge is 0.417 e. The van der Waals surface area contributed by atoms with Gasteiger partial charge in [0.15, 0.2) is 5.16 Å². The first-order chi connectivity index (χ1) is 13.2. The average molecular weight is 408 g/mol. The standard InChI is InChI=1S/C18H15F3N4O2S/c1-24-9-8-22-17(24)28-14-5-3-13(4-6-14)23-15(26)11-25-10-12(18(19,20)21)2-7-16(25)27/h2-10H,11H2,1H3,(H,23,26). The number of rotatable bonds is 5. The van der Waals surface area contributed by atoms with E-state index in [2.05, 4.69) is 10.3 Å². The molecule has 146 valence electrons. The van der Waals surface area contributed by atoms with E-state index in [1.54, 1.807) is 30.5 Å². The second-order valence-electron chi connectivity index (χ2n) is 5.88. The molecule has 0 aliphatic carbocycles. The summed E-state index contributed by atoms with van der Waals surface area (Å²) in [5, 5.41) is 3.37. The highest BCUT2D eigenvalue weighted by Crippen LogP contribution is 2.28. The molecule has 2 aromatic heterocycles. The Morgan fingerprint density at radius 2 is 1.89 bits per heavy atom. The van der Waals surface area contributed by atoms with E-state index < -0.39 is 29.8 Å². The minimum absolute atomic E-state index is 0.467. The molecule has 0 saturated heterocycles. The van der Waals surface area contributed by atoms with Crippen LogP contribution in [-0.2, 0) is 24.6 Å². The first-order valence-corrected chi connectivity index (χ1v) is 8.87. The molecule has 28 heavy (non-hydrogen) atoms. The van der Waals surface area contributed by atoms with E-state index in [9.17, 15) is 22.8 Å². The molecule has 3 aromatic rings. The van der Waals surface area contributed by atoms with Crippen molar-refractivity contribution in [3.8, 4) is 0 Å². The maximum absolute atomic E-state index is 12.8. The van der Waals surface area contributed by atoms with E-state index in [1.165, 1.54) is 11.8 Å². The van der Waals surface area contributed by atoms with Crippen LogP contribution >= 0.6 is 11.8 Å². The maximum atomic E-state index is 12.8. The molecule has 0 unspecified atom stereocenters. The normalized spacial score (nSPS) is 11.4. The van der Waals surface area contributed by atoms with Crippen molar-refractivity contribution < 1.29 is 18.0 Å². The van der Waals surface area contributed by atoms with Crippen LogP contribution in [0.25, 0.3) is 0 Å². The number of aromatic nitrogens is 3. The Bertz CT molecular complexity index is 1040. The molecule has 1 N–H and O–H groups in total. The fourth-order valence-corrected chi connectivity index (χ4v) is 3.14. The summed E-state index contributed by atoms with van der Waals surface area (Å²) in [6, 6.07) is 8.38. The molecule has 1 amide bonds. The molecule has 1 aromatic carbocycles. The SMILES string of the molecule is Cn1ccnc1Sc1ccc(NC(=O)Cn2cc(C(F)(F)F)ccc2=O)cc1. The Morgan fingerprint density at radius 3 is 2.50 bits per heavy atom.